The molecular formula is C28H55NO4. The normalized spacial score (nSPS) is 23.3. The molecule has 5 atom stereocenters. The number of rotatable bonds is 17. The molecule has 0 aromatic heterocycles. The first-order valence-electron chi connectivity index (χ1n) is 13.9. The summed E-state index contributed by atoms with van der Waals surface area (Å²) in [7, 11) is 0. The molecule has 1 fully saturated rings. The molecule has 33 heavy (non-hydrogen) atoms. The van der Waals surface area contributed by atoms with Crippen LogP contribution < -0.4 is 5.73 Å². The molecule has 0 bridgehead atoms. The summed E-state index contributed by atoms with van der Waals surface area (Å²) in [6.45, 7) is 15.1. The van der Waals surface area contributed by atoms with Crippen LogP contribution in [0.25, 0.3) is 0 Å². The second-order valence-electron chi connectivity index (χ2n) is 11.2. The summed E-state index contributed by atoms with van der Waals surface area (Å²) < 4.78 is 18.1. The minimum Gasteiger partial charge on any atom is -0.461 e. The molecular weight excluding hydrogens is 414 g/mol. The molecule has 1 aliphatic heterocycles. The van der Waals surface area contributed by atoms with Gasteiger partial charge >= 0.3 is 5.97 Å². The summed E-state index contributed by atoms with van der Waals surface area (Å²) in [5.41, 5.74) is 6.09. The van der Waals surface area contributed by atoms with Crippen LogP contribution in [0.4, 0.5) is 0 Å². The maximum atomic E-state index is 12.7. The van der Waals surface area contributed by atoms with Crippen molar-refractivity contribution in [3.63, 3.8) is 0 Å². The van der Waals surface area contributed by atoms with Crippen LogP contribution in [0.3, 0.4) is 0 Å². The van der Waals surface area contributed by atoms with Crippen molar-refractivity contribution < 1.29 is 19.0 Å². The number of ether oxygens (including phenoxy) is 3. The van der Waals surface area contributed by atoms with Gasteiger partial charge in [0.25, 0.3) is 0 Å². The van der Waals surface area contributed by atoms with E-state index < -0.39 is 11.8 Å². The van der Waals surface area contributed by atoms with Gasteiger partial charge in [0.1, 0.15) is 12.1 Å². The highest BCUT2D eigenvalue weighted by molar-refractivity contribution is 5.75. The number of carbonyl (C=O) groups excluding carboxylic acids is 1. The van der Waals surface area contributed by atoms with E-state index in [9.17, 15) is 4.79 Å². The molecule has 0 spiro atoms. The largest absolute Gasteiger partial charge is 0.461 e. The molecule has 0 saturated carbocycles. The Hall–Kier alpha value is -0.650. The smallest absolute Gasteiger partial charge is 0.323 e. The monoisotopic (exact) mass is 469 g/mol. The molecule has 5 nitrogen and oxygen atoms in total. The molecule has 1 heterocycles. The third kappa shape index (κ3) is 12.0. The van der Waals surface area contributed by atoms with Crippen LogP contribution in [-0.4, -0.2) is 36.6 Å². The van der Waals surface area contributed by atoms with E-state index in [4.69, 9.17) is 19.9 Å². The van der Waals surface area contributed by atoms with Gasteiger partial charge in [-0.2, -0.15) is 0 Å². The van der Waals surface area contributed by atoms with Gasteiger partial charge in [-0.05, 0) is 32.6 Å². The Morgan fingerprint density at radius 1 is 0.970 bits per heavy atom. The van der Waals surface area contributed by atoms with E-state index in [2.05, 4.69) is 20.8 Å². The average Bonchev–Trinajstić information content (AvgIpc) is 2.77. The van der Waals surface area contributed by atoms with Crippen LogP contribution >= 0.6 is 0 Å². The van der Waals surface area contributed by atoms with Crippen LogP contribution in [0.2, 0.25) is 0 Å². The fourth-order valence-electron chi connectivity index (χ4n) is 4.68. The first-order valence-corrected chi connectivity index (χ1v) is 13.9. The molecule has 1 rings (SSSR count). The summed E-state index contributed by atoms with van der Waals surface area (Å²) in [4.78, 5) is 12.7. The number of esters is 1. The zero-order chi connectivity index (χ0) is 24.9. The van der Waals surface area contributed by atoms with Gasteiger partial charge in [0.2, 0.25) is 0 Å². The lowest BCUT2D eigenvalue weighted by molar-refractivity contribution is -0.304. The maximum Gasteiger partial charge on any atom is 0.323 e. The highest BCUT2D eigenvalue weighted by atomic mass is 16.7. The molecule has 0 unspecified atom stereocenters. The zero-order valence-electron chi connectivity index (χ0n) is 22.9. The second kappa shape index (κ2) is 16.1. The van der Waals surface area contributed by atoms with E-state index in [0.717, 1.165) is 12.8 Å². The van der Waals surface area contributed by atoms with Crippen LogP contribution in [0, 0.1) is 17.8 Å². The summed E-state index contributed by atoms with van der Waals surface area (Å²) in [5.74, 6) is -0.485. The van der Waals surface area contributed by atoms with Crippen LogP contribution in [0.15, 0.2) is 0 Å². The van der Waals surface area contributed by atoms with Crippen molar-refractivity contribution in [1.82, 2.24) is 0 Å². The second-order valence-corrected chi connectivity index (χ2v) is 11.2. The van der Waals surface area contributed by atoms with E-state index in [0.29, 0.717) is 6.61 Å². The molecule has 1 saturated heterocycles. The van der Waals surface area contributed by atoms with Crippen molar-refractivity contribution in [2.24, 2.45) is 23.5 Å². The molecule has 0 aliphatic carbocycles. The van der Waals surface area contributed by atoms with Crippen LogP contribution in [0.1, 0.15) is 126 Å². The number of hydrogen-bond donors (Lipinski definition) is 1. The van der Waals surface area contributed by atoms with E-state index in [1.165, 1.54) is 64.2 Å². The van der Waals surface area contributed by atoms with Crippen molar-refractivity contribution >= 4 is 5.97 Å². The predicted molar refractivity (Wildman–Crippen MR) is 137 cm³/mol. The van der Waals surface area contributed by atoms with Crippen LogP contribution in [-0.2, 0) is 19.0 Å². The summed E-state index contributed by atoms with van der Waals surface area (Å²) >= 11 is 0. The molecule has 0 aromatic rings. The van der Waals surface area contributed by atoms with Gasteiger partial charge in [-0.1, -0.05) is 98.8 Å². The number of carbonyl (C=O) groups is 1. The summed E-state index contributed by atoms with van der Waals surface area (Å²) in [6.07, 6.45) is 15.0. The lowest BCUT2D eigenvalue weighted by Crippen LogP contribution is -2.51. The van der Waals surface area contributed by atoms with Crippen molar-refractivity contribution in [1.29, 1.82) is 0 Å². The van der Waals surface area contributed by atoms with Crippen molar-refractivity contribution in [2.45, 2.75) is 150 Å². The van der Waals surface area contributed by atoms with Gasteiger partial charge in [-0.25, -0.2) is 0 Å². The highest BCUT2D eigenvalue weighted by Gasteiger charge is 2.41. The highest BCUT2D eigenvalue weighted by Crippen LogP contribution is 2.34. The molecule has 196 valence electrons. The third-order valence-corrected chi connectivity index (χ3v) is 7.13. The first-order chi connectivity index (χ1) is 15.6. The maximum absolute atomic E-state index is 12.7. The molecule has 2 N–H and O–H groups in total. The van der Waals surface area contributed by atoms with Crippen molar-refractivity contribution in [3.05, 3.63) is 0 Å². The van der Waals surface area contributed by atoms with Gasteiger partial charge in [0, 0.05) is 11.8 Å². The van der Waals surface area contributed by atoms with Crippen molar-refractivity contribution in [3.8, 4) is 0 Å². The Morgan fingerprint density at radius 3 is 2.00 bits per heavy atom. The Labute approximate surface area is 204 Å². The Balaban J connectivity index is 2.52. The summed E-state index contributed by atoms with van der Waals surface area (Å²) in [6, 6.07) is -0.582. The zero-order valence-corrected chi connectivity index (χ0v) is 22.9. The van der Waals surface area contributed by atoms with Crippen molar-refractivity contribution in [2.75, 3.05) is 6.61 Å². The lowest BCUT2D eigenvalue weighted by atomic mass is 9.86. The summed E-state index contributed by atoms with van der Waals surface area (Å²) in [5, 5.41) is 0. The van der Waals surface area contributed by atoms with E-state index in [1.54, 1.807) is 0 Å². The van der Waals surface area contributed by atoms with E-state index in [-0.39, 0.29) is 35.9 Å². The molecule has 0 aromatic carbocycles. The van der Waals surface area contributed by atoms with E-state index in [1.807, 2.05) is 27.7 Å². The topological polar surface area (TPSA) is 70.8 Å². The standard InChI is InChI=1S/C28H55NO4/c1-8-9-10-11-12-13-14-15-16-17-18-19-24(32-27(30)25(29)21(2)3)23(5)26-22(4)20-31-28(6,7)33-26/h21-26H,8-20,29H2,1-7H3/t22-,23-,24+,25-,26-/m0/s1. The van der Waals surface area contributed by atoms with Crippen LogP contribution in [0.5, 0.6) is 0 Å². The first kappa shape index (κ1) is 30.4. The number of unbranched alkanes of at least 4 members (excludes halogenated alkanes) is 10. The SMILES string of the molecule is CCCCCCCCCCCCC[C@@H](OC(=O)[C@@H](N)C(C)C)[C@H](C)[C@H]1OC(C)(C)OC[C@@H]1C. The Bertz CT molecular complexity index is 522. The van der Waals surface area contributed by atoms with Gasteiger partial charge in [-0.3, -0.25) is 4.79 Å². The van der Waals surface area contributed by atoms with Gasteiger partial charge < -0.3 is 19.9 Å². The fraction of sp³-hybridized carbons (Fsp3) is 0.964. The molecule has 1 aliphatic rings. The Morgan fingerprint density at radius 2 is 1.48 bits per heavy atom. The van der Waals surface area contributed by atoms with Gasteiger partial charge in [0.15, 0.2) is 5.79 Å². The molecule has 0 amide bonds. The van der Waals surface area contributed by atoms with Gasteiger partial charge in [0.05, 0.1) is 12.7 Å². The third-order valence-electron chi connectivity index (χ3n) is 7.13. The Kier molecular flexibility index (Phi) is 14.8. The minimum absolute atomic E-state index is 0.00506. The quantitative estimate of drug-likeness (QED) is 0.183. The predicted octanol–water partition coefficient (Wildman–Crippen LogP) is 7.01. The van der Waals surface area contributed by atoms with E-state index >= 15 is 0 Å². The minimum atomic E-state index is -0.606. The molecule has 0 radical (unpaired) electrons. The molecule has 5 heteroatoms. The average molecular weight is 470 g/mol. The lowest BCUT2D eigenvalue weighted by Gasteiger charge is -2.44. The number of nitrogens with two attached hydrogens (primary N) is 1. The number of hydrogen-bond acceptors (Lipinski definition) is 5. The van der Waals surface area contributed by atoms with Gasteiger partial charge in [-0.15, -0.1) is 0 Å². The fourth-order valence-corrected chi connectivity index (χ4v) is 4.68.